The van der Waals surface area contributed by atoms with Crippen LogP contribution in [0.1, 0.15) is 5.56 Å². The van der Waals surface area contributed by atoms with Crippen LogP contribution in [0, 0.1) is 0 Å². The van der Waals surface area contributed by atoms with E-state index >= 15 is 0 Å². The normalized spacial score (nSPS) is 11.1. The highest BCUT2D eigenvalue weighted by Crippen LogP contribution is 2.29. The van der Waals surface area contributed by atoms with E-state index in [1.54, 1.807) is 24.3 Å². The molecule has 2 aromatic rings. The van der Waals surface area contributed by atoms with Crippen LogP contribution in [0.15, 0.2) is 46.9 Å². The van der Waals surface area contributed by atoms with Gasteiger partial charge in [-0.05, 0) is 30.2 Å². The van der Waals surface area contributed by atoms with Crippen molar-refractivity contribution in [2.24, 2.45) is 0 Å². The van der Waals surface area contributed by atoms with Crippen LogP contribution < -0.4 is 15.4 Å². The zero-order valence-electron chi connectivity index (χ0n) is 12.7. The molecule has 0 atom stereocenters. The lowest BCUT2D eigenvalue weighted by Gasteiger charge is -2.13. The van der Waals surface area contributed by atoms with Crippen LogP contribution >= 0.6 is 15.9 Å². The van der Waals surface area contributed by atoms with Crippen molar-refractivity contribution in [3.63, 3.8) is 0 Å². The molecular formula is C16H14BrF3N2O3. The van der Waals surface area contributed by atoms with Crippen molar-refractivity contribution in [1.82, 2.24) is 0 Å². The van der Waals surface area contributed by atoms with E-state index in [2.05, 4.69) is 31.3 Å². The number of rotatable bonds is 5. The fourth-order valence-corrected chi connectivity index (χ4v) is 2.57. The van der Waals surface area contributed by atoms with Crippen molar-refractivity contribution >= 4 is 33.3 Å². The van der Waals surface area contributed by atoms with Gasteiger partial charge in [-0.15, -0.1) is 13.2 Å². The Bertz CT molecular complexity index is 754. The number of para-hydroxylation sites is 1. The van der Waals surface area contributed by atoms with Crippen LogP contribution in [0.2, 0.25) is 0 Å². The first kappa shape index (κ1) is 19.1. The van der Waals surface area contributed by atoms with E-state index in [0.29, 0.717) is 16.6 Å². The Morgan fingerprint density at radius 1 is 1.16 bits per heavy atom. The lowest BCUT2D eigenvalue weighted by Crippen LogP contribution is -2.21. The topological polar surface area (TPSA) is 70.6 Å². The summed E-state index contributed by atoms with van der Waals surface area (Å²) in [6.07, 6.45) is -4.47. The number of ether oxygens (including phenoxy) is 1. The Morgan fingerprint density at radius 2 is 1.88 bits per heavy atom. The highest BCUT2D eigenvalue weighted by molar-refractivity contribution is 9.10. The van der Waals surface area contributed by atoms with Crippen LogP contribution in [0.4, 0.5) is 29.3 Å². The number of amides is 2. The Balaban J connectivity index is 2.10. The smallest absolute Gasteiger partial charge is 0.406 e. The molecule has 134 valence electrons. The molecule has 0 aromatic heterocycles. The maximum Gasteiger partial charge on any atom is 0.573 e. The average Bonchev–Trinajstić information content (AvgIpc) is 2.47. The predicted octanol–water partition coefficient (Wildman–Crippen LogP) is 4.53. The van der Waals surface area contributed by atoms with E-state index < -0.39 is 18.1 Å². The minimum absolute atomic E-state index is 0.0793. The summed E-state index contributed by atoms with van der Waals surface area (Å²) in [5.74, 6) is -0.460. The number of carbonyl (C=O) groups is 1. The van der Waals surface area contributed by atoms with Gasteiger partial charge in [-0.2, -0.15) is 0 Å². The number of hydrogen-bond acceptors (Lipinski definition) is 3. The van der Waals surface area contributed by atoms with E-state index in [-0.39, 0.29) is 12.3 Å². The van der Waals surface area contributed by atoms with Crippen LogP contribution in [-0.2, 0) is 6.42 Å². The second kappa shape index (κ2) is 8.21. The van der Waals surface area contributed by atoms with Gasteiger partial charge in [-0.1, -0.05) is 34.1 Å². The molecule has 0 radical (unpaired) electrons. The van der Waals surface area contributed by atoms with Crippen LogP contribution in [0.3, 0.4) is 0 Å². The molecule has 0 aliphatic heterocycles. The molecule has 0 heterocycles. The summed E-state index contributed by atoms with van der Waals surface area (Å²) in [5, 5.41) is 14.1. The van der Waals surface area contributed by atoms with E-state index in [0.717, 1.165) is 17.7 Å². The molecule has 0 saturated heterocycles. The highest BCUT2D eigenvalue weighted by Gasteiger charge is 2.31. The van der Waals surface area contributed by atoms with Gasteiger partial charge in [0, 0.05) is 28.5 Å². The molecule has 0 saturated carbocycles. The summed E-state index contributed by atoms with van der Waals surface area (Å²) >= 11 is 3.06. The maximum absolute atomic E-state index is 12.3. The molecule has 0 spiro atoms. The first-order valence-electron chi connectivity index (χ1n) is 7.10. The van der Waals surface area contributed by atoms with Gasteiger partial charge in [0.15, 0.2) is 0 Å². The second-order valence-electron chi connectivity index (χ2n) is 4.93. The summed E-state index contributed by atoms with van der Waals surface area (Å²) < 4.78 is 41.1. The van der Waals surface area contributed by atoms with Crippen molar-refractivity contribution in [3.8, 4) is 5.75 Å². The molecule has 9 heteroatoms. The summed E-state index contributed by atoms with van der Waals surface area (Å²) in [5.41, 5.74) is 1.34. The summed E-state index contributed by atoms with van der Waals surface area (Å²) in [6.45, 7) is -0.0793. The predicted molar refractivity (Wildman–Crippen MR) is 90.7 cm³/mol. The van der Waals surface area contributed by atoms with Crippen molar-refractivity contribution < 1.29 is 27.8 Å². The quantitative estimate of drug-likeness (QED) is 0.667. The Kier molecular flexibility index (Phi) is 6.27. The molecule has 0 bridgehead atoms. The fraction of sp³-hybridized carbons (Fsp3) is 0.188. The van der Waals surface area contributed by atoms with Gasteiger partial charge in [0.25, 0.3) is 0 Å². The maximum atomic E-state index is 12.3. The van der Waals surface area contributed by atoms with Gasteiger partial charge in [0.05, 0.1) is 0 Å². The highest BCUT2D eigenvalue weighted by atomic mass is 79.9. The molecule has 2 aromatic carbocycles. The third kappa shape index (κ3) is 6.28. The molecule has 2 amide bonds. The minimum atomic E-state index is -4.83. The largest absolute Gasteiger partial charge is 0.573 e. The van der Waals surface area contributed by atoms with E-state index in [1.807, 2.05) is 0 Å². The van der Waals surface area contributed by atoms with E-state index in [4.69, 9.17) is 5.11 Å². The third-order valence-corrected chi connectivity index (χ3v) is 3.47. The minimum Gasteiger partial charge on any atom is -0.406 e. The van der Waals surface area contributed by atoms with Gasteiger partial charge in [-0.3, -0.25) is 0 Å². The Morgan fingerprint density at radius 3 is 2.56 bits per heavy atom. The molecule has 2 rings (SSSR count). The lowest BCUT2D eigenvalue weighted by molar-refractivity contribution is -0.274. The van der Waals surface area contributed by atoms with Crippen LogP contribution in [0.25, 0.3) is 0 Å². The molecule has 3 N–H and O–H groups in total. The number of carbonyl (C=O) groups excluding carboxylic acids is 1. The summed E-state index contributed by atoms with van der Waals surface area (Å²) in [7, 11) is 0. The summed E-state index contributed by atoms with van der Waals surface area (Å²) in [6, 6.07) is 9.87. The number of alkyl halides is 3. The molecule has 0 aliphatic rings. The lowest BCUT2D eigenvalue weighted by atomic mass is 10.1. The van der Waals surface area contributed by atoms with Gasteiger partial charge in [-0.25, -0.2) is 4.79 Å². The number of nitrogens with one attached hydrogen (secondary N) is 2. The molecule has 5 nitrogen and oxygen atoms in total. The Hall–Kier alpha value is -2.26. The molecule has 0 aliphatic carbocycles. The molecule has 0 unspecified atom stereocenters. The second-order valence-corrected chi connectivity index (χ2v) is 5.85. The number of urea groups is 1. The van der Waals surface area contributed by atoms with Gasteiger partial charge < -0.3 is 20.5 Å². The SMILES string of the molecule is O=C(Nc1cc(Br)cc(OC(F)(F)F)c1)Nc1ccccc1CCO. The van der Waals surface area contributed by atoms with Crippen molar-refractivity contribution in [1.29, 1.82) is 0 Å². The first-order valence-corrected chi connectivity index (χ1v) is 7.89. The first-order chi connectivity index (χ1) is 11.8. The third-order valence-electron chi connectivity index (χ3n) is 3.01. The zero-order valence-corrected chi connectivity index (χ0v) is 14.3. The fourth-order valence-electron chi connectivity index (χ4n) is 2.09. The van der Waals surface area contributed by atoms with Crippen molar-refractivity contribution in [2.75, 3.05) is 17.2 Å². The number of anilines is 2. The molecule has 0 fully saturated rings. The number of halogens is 4. The molecule has 25 heavy (non-hydrogen) atoms. The molecular weight excluding hydrogens is 405 g/mol. The Labute approximate surface area is 149 Å². The standard InChI is InChI=1S/C16H14BrF3N2O3/c17-11-7-12(9-13(8-11)25-16(18,19)20)21-15(24)22-14-4-2-1-3-10(14)5-6-23/h1-4,7-9,23H,5-6H2,(H2,21,22,24). The van der Waals surface area contributed by atoms with Crippen molar-refractivity contribution in [3.05, 3.63) is 52.5 Å². The summed E-state index contributed by atoms with van der Waals surface area (Å²) in [4.78, 5) is 12.1. The van der Waals surface area contributed by atoms with E-state index in [1.165, 1.54) is 6.07 Å². The van der Waals surface area contributed by atoms with Gasteiger partial charge in [0.2, 0.25) is 0 Å². The average molecular weight is 419 g/mol. The van der Waals surface area contributed by atoms with Gasteiger partial charge in [0.1, 0.15) is 5.75 Å². The number of hydrogen-bond donors (Lipinski definition) is 3. The number of aliphatic hydroxyl groups excluding tert-OH is 1. The van der Waals surface area contributed by atoms with Crippen LogP contribution in [-0.4, -0.2) is 24.1 Å². The van der Waals surface area contributed by atoms with Crippen LogP contribution in [0.5, 0.6) is 5.75 Å². The van der Waals surface area contributed by atoms with Gasteiger partial charge >= 0.3 is 12.4 Å². The van der Waals surface area contributed by atoms with Crippen molar-refractivity contribution in [2.45, 2.75) is 12.8 Å². The number of aliphatic hydroxyl groups is 1. The van der Waals surface area contributed by atoms with E-state index in [9.17, 15) is 18.0 Å². The monoisotopic (exact) mass is 418 g/mol. The number of benzene rings is 2. The zero-order chi connectivity index (χ0) is 18.4.